The van der Waals surface area contributed by atoms with Crippen molar-refractivity contribution in [3.8, 4) is 0 Å². The number of hydrogen-bond acceptors (Lipinski definition) is 5. The first-order valence-corrected chi connectivity index (χ1v) is 13.4. The van der Waals surface area contributed by atoms with E-state index in [0.29, 0.717) is 10.0 Å². The van der Waals surface area contributed by atoms with Crippen molar-refractivity contribution in [1.29, 1.82) is 0 Å². The molecule has 0 spiro atoms. The number of hydrogen-bond donors (Lipinski definition) is 1. The number of esters is 1. The minimum Gasteiger partial charge on any atom is -0.459 e. The van der Waals surface area contributed by atoms with Gasteiger partial charge in [0.15, 0.2) is 9.84 Å². The van der Waals surface area contributed by atoms with Gasteiger partial charge in [0.1, 0.15) is 12.6 Å². The smallest absolute Gasteiger partial charge is 0.329 e. The van der Waals surface area contributed by atoms with Gasteiger partial charge in [-0.25, -0.2) is 13.2 Å². The molecule has 6 nitrogen and oxygen atoms in total. The first-order chi connectivity index (χ1) is 16.0. The highest BCUT2D eigenvalue weighted by molar-refractivity contribution is 9.10. The van der Waals surface area contributed by atoms with Crippen LogP contribution >= 0.6 is 39.1 Å². The van der Waals surface area contributed by atoms with Gasteiger partial charge in [-0.1, -0.05) is 81.6 Å². The summed E-state index contributed by atoms with van der Waals surface area (Å²) in [5.41, 5.74) is 1.31. The minimum atomic E-state index is -3.45. The van der Waals surface area contributed by atoms with E-state index in [1.54, 1.807) is 24.3 Å². The summed E-state index contributed by atoms with van der Waals surface area (Å²) in [5, 5.41) is 2.84. The molecule has 0 bridgehead atoms. The summed E-state index contributed by atoms with van der Waals surface area (Å²) >= 11 is 15.7. The molecule has 0 aliphatic carbocycles. The molecule has 0 heterocycles. The van der Waals surface area contributed by atoms with Gasteiger partial charge in [-0.2, -0.15) is 0 Å². The zero-order valence-corrected chi connectivity index (χ0v) is 21.8. The summed E-state index contributed by atoms with van der Waals surface area (Å²) in [7, 11) is -3.45. The number of carbonyl (C=O) groups excluding carboxylic acids is 2. The van der Waals surface area contributed by atoms with Crippen LogP contribution in [0.4, 0.5) is 0 Å². The lowest BCUT2D eigenvalue weighted by Crippen LogP contribution is -2.43. The Kier molecular flexibility index (Phi) is 8.76. The van der Waals surface area contributed by atoms with Crippen molar-refractivity contribution in [2.75, 3.05) is 6.26 Å². The van der Waals surface area contributed by atoms with Crippen molar-refractivity contribution in [2.24, 2.45) is 0 Å². The van der Waals surface area contributed by atoms with Crippen molar-refractivity contribution in [1.82, 2.24) is 5.32 Å². The first kappa shape index (κ1) is 26.2. The minimum absolute atomic E-state index is 0.00547. The summed E-state index contributed by atoms with van der Waals surface area (Å²) in [6.07, 6.45) is 1.09. The molecule has 0 radical (unpaired) electrons. The van der Waals surface area contributed by atoms with E-state index in [1.807, 2.05) is 18.2 Å². The van der Waals surface area contributed by atoms with Crippen LogP contribution in [0.25, 0.3) is 0 Å². The molecule has 178 valence electrons. The molecule has 0 fully saturated rings. The van der Waals surface area contributed by atoms with E-state index < -0.39 is 27.8 Å². The van der Waals surface area contributed by atoms with E-state index in [9.17, 15) is 18.0 Å². The number of sulfone groups is 1. The molecule has 34 heavy (non-hydrogen) atoms. The van der Waals surface area contributed by atoms with E-state index in [2.05, 4.69) is 21.2 Å². The van der Waals surface area contributed by atoms with Gasteiger partial charge in [-0.3, -0.25) is 4.79 Å². The van der Waals surface area contributed by atoms with Gasteiger partial charge in [-0.15, -0.1) is 0 Å². The van der Waals surface area contributed by atoms with Crippen LogP contribution in [0.15, 0.2) is 76.1 Å². The molecule has 0 aliphatic heterocycles. The average Bonchev–Trinajstić information content (AvgIpc) is 2.76. The topological polar surface area (TPSA) is 89.5 Å². The molecule has 1 N–H and O–H groups in total. The summed E-state index contributed by atoms with van der Waals surface area (Å²) in [4.78, 5) is 26.1. The van der Waals surface area contributed by atoms with Crippen molar-refractivity contribution < 1.29 is 22.7 Å². The number of ether oxygens (including phenoxy) is 1. The second-order valence-corrected chi connectivity index (χ2v) is 11.2. The fourth-order valence-corrected chi connectivity index (χ4v) is 5.22. The van der Waals surface area contributed by atoms with Gasteiger partial charge in [0, 0.05) is 17.1 Å². The van der Waals surface area contributed by atoms with E-state index >= 15 is 0 Å². The highest BCUT2D eigenvalue weighted by Crippen LogP contribution is 2.29. The molecular formula is C24H20BrCl2NO5S. The molecule has 0 saturated heterocycles. The fourth-order valence-electron chi connectivity index (χ4n) is 3.15. The fraction of sp³-hybridized carbons (Fsp3) is 0.167. The Bertz CT molecular complexity index is 1290. The van der Waals surface area contributed by atoms with Crippen LogP contribution in [0.5, 0.6) is 0 Å². The third-order valence-electron chi connectivity index (χ3n) is 4.81. The third kappa shape index (κ3) is 7.06. The van der Waals surface area contributed by atoms with Crippen LogP contribution in [-0.2, 0) is 32.4 Å². The number of amides is 1. The Labute approximate surface area is 216 Å². The molecule has 3 aromatic rings. The lowest BCUT2D eigenvalue weighted by molar-refractivity contribution is -0.147. The Balaban J connectivity index is 1.87. The molecule has 1 atom stereocenters. The van der Waals surface area contributed by atoms with Gasteiger partial charge < -0.3 is 10.1 Å². The zero-order valence-electron chi connectivity index (χ0n) is 17.9. The Morgan fingerprint density at radius 3 is 2.21 bits per heavy atom. The second-order valence-electron chi connectivity index (χ2n) is 7.49. The number of nitrogens with one attached hydrogen (secondary N) is 1. The lowest BCUT2D eigenvalue weighted by atomic mass is 10.1. The van der Waals surface area contributed by atoms with Crippen molar-refractivity contribution in [3.63, 3.8) is 0 Å². The summed E-state index contributed by atoms with van der Waals surface area (Å²) in [6.45, 7) is 0.00915. The second kappa shape index (κ2) is 11.4. The Morgan fingerprint density at radius 2 is 1.59 bits per heavy atom. The SMILES string of the molecule is CS(=O)(=O)c1cccc(C[C@H](NC(=O)c2c(Cl)cc(Br)cc2Cl)C(=O)OCc2ccccc2)c1. The van der Waals surface area contributed by atoms with Gasteiger partial charge in [0.25, 0.3) is 5.91 Å². The number of rotatable bonds is 8. The van der Waals surface area contributed by atoms with E-state index in [1.165, 1.54) is 24.3 Å². The van der Waals surface area contributed by atoms with E-state index in [4.69, 9.17) is 27.9 Å². The van der Waals surface area contributed by atoms with Gasteiger partial charge >= 0.3 is 5.97 Å². The van der Waals surface area contributed by atoms with Crippen LogP contribution in [0.2, 0.25) is 10.0 Å². The molecule has 3 aromatic carbocycles. The molecule has 1 amide bonds. The van der Waals surface area contributed by atoms with Crippen LogP contribution in [0.3, 0.4) is 0 Å². The van der Waals surface area contributed by atoms with E-state index in [-0.39, 0.29) is 33.5 Å². The summed E-state index contributed by atoms with van der Waals surface area (Å²) in [6, 6.07) is 17.1. The molecule has 0 unspecified atom stereocenters. The van der Waals surface area contributed by atoms with Crippen molar-refractivity contribution >= 4 is 60.8 Å². The molecule has 0 aromatic heterocycles. The Hall–Kier alpha value is -2.39. The monoisotopic (exact) mass is 583 g/mol. The van der Waals surface area contributed by atoms with Crippen LogP contribution < -0.4 is 5.32 Å². The van der Waals surface area contributed by atoms with Gasteiger partial charge in [0.2, 0.25) is 0 Å². The normalized spacial score (nSPS) is 12.1. The number of carbonyl (C=O) groups is 2. The Morgan fingerprint density at radius 1 is 0.971 bits per heavy atom. The van der Waals surface area contributed by atoms with Gasteiger partial charge in [0.05, 0.1) is 20.5 Å². The molecule has 3 rings (SSSR count). The average molecular weight is 585 g/mol. The van der Waals surface area contributed by atoms with Crippen molar-refractivity contribution in [3.05, 3.63) is 97.9 Å². The summed E-state index contributed by atoms with van der Waals surface area (Å²) < 4.78 is 29.9. The predicted molar refractivity (Wildman–Crippen MR) is 135 cm³/mol. The summed E-state index contributed by atoms with van der Waals surface area (Å²) in [5.74, 6) is -1.35. The molecule has 0 aliphatic rings. The van der Waals surface area contributed by atoms with Gasteiger partial charge in [-0.05, 0) is 35.4 Å². The number of benzene rings is 3. The maximum atomic E-state index is 13.0. The van der Waals surface area contributed by atoms with E-state index in [0.717, 1.165) is 11.8 Å². The van der Waals surface area contributed by atoms with Crippen LogP contribution in [0.1, 0.15) is 21.5 Å². The zero-order chi connectivity index (χ0) is 24.9. The predicted octanol–water partition coefficient (Wildman–Crippen LogP) is 5.24. The first-order valence-electron chi connectivity index (χ1n) is 9.99. The number of halogens is 3. The molecule has 10 heteroatoms. The maximum Gasteiger partial charge on any atom is 0.329 e. The lowest BCUT2D eigenvalue weighted by Gasteiger charge is -2.19. The largest absolute Gasteiger partial charge is 0.459 e. The van der Waals surface area contributed by atoms with Crippen LogP contribution in [-0.4, -0.2) is 32.6 Å². The highest BCUT2D eigenvalue weighted by atomic mass is 79.9. The molecular weight excluding hydrogens is 565 g/mol. The van der Waals surface area contributed by atoms with Crippen LogP contribution in [0, 0.1) is 0 Å². The van der Waals surface area contributed by atoms with Crippen molar-refractivity contribution in [2.45, 2.75) is 24.0 Å². The highest BCUT2D eigenvalue weighted by Gasteiger charge is 2.26. The third-order valence-corrected chi connectivity index (χ3v) is 6.98. The maximum absolute atomic E-state index is 13.0. The quantitative estimate of drug-likeness (QED) is 0.366. The standard InChI is InChI=1S/C24H20BrCl2NO5S/c1-34(31,32)18-9-5-8-16(10-18)11-21(24(30)33-14-15-6-3-2-4-7-15)28-23(29)22-19(26)12-17(25)13-20(22)27/h2-10,12-13,21H,11,14H2,1H3,(H,28,29)/t21-/m0/s1. The molecule has 0 saturated carbocycles.